The molecule has 0 bridgehead atoms. The molecule has 15 heavy (non-hydrogen) atoms. The van der Waals surface area contributed by atoms with Crippen molar-refractivity contribution in [3.63, 3.8) is 0 Å². The maximum atomic E-state index is 5.08. The van der Waals surface area contributed by atoms with E-state index in [-0.39, 0.29) is 0 Å². The van der Waals surface area contributed by atoms with E-state index in [9.17, 15) is 0 Å². The van der Waals surface area contributed by atoms with Crippen LogP contribution in [0.25, 0.3) is 0 Å². The second kappa shape index (κ2) is 9.17. The Morgan fingerprint density at radius 1 is 1.13 bits per heavy atom. The highest BCUT2D eigenvalue weighted by Gasteiger charge is 2.20. The zero-order chi connectivity index (χ0) is 11.7. The lowest BCUT2D eigenvalue weighted by Gasteiger charge is -2.33. The van der Waals surface area contributed by atoms with Gasteiger partial charge in [-0.2, -0.15) is 0 Å². The maximum Gasteiger partial charge on any atom is 0.0589 e. The third-order valence-electron chi connectivity index (χ3n) is 3.26. The Morgan fingerprint density at radius 2 is 1.67 bits per heavy atom. The Labute approximate surface area is 96.0 Å². The van der Waals surface area contributed by atoms with E-state index in [0.717, 1.165) is 25.1 Å². The maximum absolute atomic E-state index is 5.08. The molecule has 0 amide bonds. The zero-order valence-electron chi connectivity index (χ0n) is 11.3. The van der Waals surface area contributed by atoms with Gasteiger partial charge < -0.3 is 9.64 Å². The van der Waals surface area contributed by atoms with Crippen LogP contribution in [0.1, 0.15) is 46.5 Å². The molecule has 0 N–H and O–H groups in total. The molecule has 0 spiro atoms. The van der Waals surface area contributed by atoms with Crippen LogP contribution in [0.5, 0.6) is 0 Å². The van der Waals surface area contributed by atoms with Gasteiger partial charge in [-0.1, -0.05) is 20.8 Å². The fourth-order valence-electron chi connectivity index (χ4n) is 2.10. The quantitative estimate of drug-likeness (QED) is 0.714. The monoisotopic (exact) mass is 215 g/mol. The molecular formula is C13H29NO. The van der Waals surface area contributed by atoms with Gasteiger partial charge in [-0.15, -0.1) is 0 Å². The van der Waals surface area contributed by atoms with Crippen molar-refractivity contribution < 1.29 is 4.74 Å². The Balaban J connectivity index is 0.000000921. The normalized spacial score (nSPS) is 26.0. The molecule has 0 radical (unpaired) electrons. The zero-order valence-corrected chi connectivity index (χ0v) is 11.3. The average molecular weight is 215 g/mol. The molecule has 1 aliphatic carbocycles. The Kier molecular flexibility index (Phi) is 9.12. The van der Waals surface area contributed by atoms with E-state index >= 15 is 0 Å². The van der Waals surface area contributed by atoms with Crippen LogP contribution in [-0.4, -0.2) is 38.3 Å². The van der Waals surface area contributed by atoms with E-state index in [2.05, 4.69) is 18.9 Å². The largest absolute Gasteiger partial charge is 0.383 e. The molecule has 1 rings (SSSR count). The van der Waals surface area contributed by atoms with Crippen molar-refractivity contribution in [1.82, 2.24) is 4.90 Å². The molecule has 2 nitrogen and oxygen atoms in total. The van der Waals surface area contributed by atoms with E-state index in [4.69, 9.17) is 4.74 Å². The van der Waals surface area contributed by atoms with Crippen molar-refractivity contribution in [2.45, 2.75) is 52.5 Å². The van der Waals surface area contributed by atoms with E-state index in [1.807, 2.05) is 13.8 Å². The highest BCUT2D eigenvalue weighted by Crippen LogP contribution is 2.26. The summed E-state index contributed by atoms with van der Waals surface area (Å²) in [4.78, 5) is 2.45. The van der Waals surface area contributed by atoms with Crippen molar-refractivity contribution in [1.29, 1.82) is 0 Å². The number of methoxy groups -OCH3 is 1. The predicted octanol–water partition coefficient (Wildman–Crippen LogP) is 3.17. The highest BCUT2D eigenvalue weighted by molar-refractivity contribution is 4.76. The number of rotatable bonds is 4. The number of ether oxygens (including phenoxy) is 1. The molecule has 92 valence electrons. The summed E-state index contributed by atoms with van der Waals surface area (Å²) in [7, 11) is 4.00. The summed E-state index contributed by atoms with van der Waals surface area (Å²) in [6.45, 7) is 8.31. The second-order valence-electron chi connectivity index (χ2n) is 4.39. The summed E-state index contributed by atoms with van der Waals surface area (Å²) in [5, 5.41) is 0. The van der Waals surface area contributed by atoms with Crippen LogP contribution in [0.2, 0.25) is 0 Å². The number of likely N-dealkylation sites (N-methyl/N-ethyl adjacent to an activating group) is 1. The molecule has 0 saturated heterocycles. The van der Waals surface area contributed by atoms with Gasteiger partial charge in [-0.25, -0.2) is 0 Å². The van der Waals surface area contributed by atoms with Crippen molar-refractivity contribution in [2.24, 2.45) is 5.92 Å². The molecule has 1 saturated carbocycles. The first-order valence-electron chi connectivity index (χ1n) is 6.43. The lowest BCUT2D eigenvalue weighted by Crippen LogP contribution is -2.36. The van der Waals surface area contributed by atoms with Crippen LogP contribution in [0.15, 0.2) is 0 Å². The van der Waals surface area contributed by atoms with Gasteiger partial charge in [0.2, 0.25) is 0 Å². The minimum absolute atomic E-state index is 0.811. The molecule has 1 aliphatic rings. The summed E-state index contributed by atoms with van der Waals surface area (Å²) in [5.41, 5.74) is 0. The fourth-order valence-corrected chi connectivity index (χ4v) is 2.10. The first kappa shape index (κ1) is 14.9. The van der Waals surface area contributed by atoms with Gasteiger partial charge in [0.25, 0.3) is 0 Å². The van der Waals surface area contributed by atoms with Gasteiger partial charge in [0.1, 0.15) is 0 Å². The van der Waals surface area contributed by atoms with E-state index < -0.39 is 0 Å². The van der Waals surface area contributed by atoms with Crippen LogP contribution < -0.4 is 0 Å². The van der Waals surface area contributed by atoms with Gasteiger partial charge in [0.05, 0.1) is 6.61 Å². The molecule has 0 heterocycles. The van der Waals surface area contributed by atoms with Crippen molar-refractivity contribution in [3.05, 3.63) is 0 Å². The van der Waals surface area contributed by atoms with Crippen LogP contribution >= 0.6 is 0 Å². The molecule has 0 aliphatic heterocycles. The minimum Gasteiger partial charge on any atom is -0.383 e. The highest BCUT2D eigenvalue weighted by atomic mass is 16.5. The Bertz CT molecular complexity index is 130. The summed E-state index contributed by atoms with van der Waals surface area (Å²) >= 11 is 0. The van der Waals surface area contributed by atoms with Crippen molar-refractivity contribution in [3.8, 4) is 0 Å². The van der Waals surface area contributed by atoms with Crippen molar-refractivity contribution in [2.75, 3.05) is 27.3 Å². The Morgan fingerprint density at radius 3 is 2.13 bits per heavy atom. The topological polar surface area (TPSA) is 12.5 Å². The number of hydrogen-bond acceptors (Lipinski definition) is 2. The van der Waals surface area contributed by atoms with Crippen LogP contribution in [0.4, 0.5) is 0 Å². The fraction of sp³-hybridized carbons (Fsp3) is 1.00. The van der Waals surface area contributed by atoms with E-state index in [0.29, 0.717) is 0 Å². The van der Waals surface area contributed by atoms with Gasteiger partial charge in [0.15, 0.2) is 0 Å². The molecule has 0 aromatic heterocycles. The third-order valence-corrected chi connectivity index (χ3v) is 3.26. The predicted molar refractivity (Wildman–Crippen MR) is 67.3 cm³/mol. The standard InChI is InChI=1S/C11H23NO.C2H6/c1-10-4-6-11(7-5-10)12(2)8-9-13-3;1-2/h10-11H,4-9H2,1-3H3;1-2H3. The van der Waals surface area contributed by atoms with Gasteiger partial charge in [0, 0.05) is 19.7 Å². The Hall–Kier alpha value is -0.0800. The lowest BCUT2D eigenvalue weighted by molar-refractivity contribution is 0.115. The van der Waals surface area contributed by atoms with Gasteiger partial charge in [-0.3, -0.25) is 0 Å². The molecular weight excluding hydrogens is 186 g/mol. The minimum atomic E-state index is 0.811. The summed E-state index contributed by atoms with van der Waals surface area (Å²) in [6.07, 6.45) is 5.56. The van der Waals surface area contributed by atoms with Crippen LogP contribution in [0, 0.1) is 5.92 Å². The van der Waals surface area contributed by atoms with Gasteiger partial charge in [-0.05, 0) is 38.6 Å². The second-order valence-corrected chi connectivity index (χ2v) is 4.39. The van der Waals surface area contributed by atoms with E-state index in [1.54, 1.807) is 7.11 Å². The first-order chi connectivity index (χ1) is 7.24. The molecule has 0 aromatic rings. The van der Waals surface area contributed by atoms with Crippen LogP contribution in [0.3, 0.4) is 0 Å². The average Bonchev–Trinajstić information content (AvgIpc) is 2.29. The van der Waals surface area contributed by atoms with Gasteiger partial charge >= 0.3 is 0 Å². The SMILES string of the molecule is CC.COCCN(C)C1CCC(C)CC1. The first-order valence-corrected chi connectivity index (χ1v) is 6.43. The molecule has 0 aromatic carbocycles. The smallest absolute Gasteiger partial charge is 0.0589 e. The lowest BCUT2D eigenvalue weighted by atomic mass is 9.87. The summed E-state index contributed by atoms with van der Waals surface area (Å²) in [6, 6.07) is 0.811. The molecule has 0 unspecified atom stereocenters. The number of hydrogen-bond donors (Lipinski definition) is 0. The summed E-state index contributed by atoms with van der Waals surface area (Å²) in [5.74, 6) is 0.951. The van der Waals surface area contributed by atoms with Crippen LogP contribution in [-0.2, 0) is 4.74 Å². The van der Waals surface area contributed by atoms with E-state index in [1.165, 1.54) is 25.7 Å². The molecule has 1 fully saturated rings. The summed E-state index contributed by atoms with van der Waals surface area (Å²) < 4.78 is 5.08. The third kappa shape index (κ3) is 6.16. The molecule has 0 atom stereocenters. The molecule has 2 heteroatoms. The number of nitrogens with zero attached hydrogens (tertiary/aromatic N) is 1. The van der Waals surface area contributed by atoms with Crippen molar-refractivity contribution >= 4 is 0 Å².